The Hall–Kier alpha value is -7.16. The Morgan fingerprint density at radius 2 is 0.895 bits per heavy atom. The van der Waals surface area contributed by atoms with Gasteiger partial charge in [0.05, 0.1) is 11.4 Å². The van der Waals surface area contributed by atoms with Gasteiger partial charge in [0.2, 0.25) is 0 Å². The van der Waals surface area contributed by atoms with Crippen LogP contribution in [0.15, 0.2) is 194 Å². The average Bonchev–Trinajstić information content (AvgIpc) is 3.52. The van der Waals surface area contributed by atoms with Crippen LogP contribution in [0, 0.1) is 0 Å². The molecule has 0 atom stereocenters. The monoisotopic (exact) mass is 726 g/mol. The van der Waals surface area contributed by atoms with Gasteiger partial charge < -0.3 is 0 Å². The van der Waals surface area contributed by atoms with Crippen molar-refractivity contribution in [3.05, 3.63) is 205 Å². The van der Waals surface area contributed by atoms with Crippen LogP contribution in [0.5, 0.6) is 0 Å². The van der Waals surface area contributed by atoms with E-state index in [1.54, 1.807) is 0 Å². The molecule has 1 aliphatic rings. The minimum atomic E-state index is -0.115. The summed E-state index contributed by atoms with van der Waals surface area (Å²) in [5.74, 6) is 0.707. The van der Waals surface area contributed by atoms with E-state index in [9.17, 15) is 0 Å². The molecule has 57 heavy (non-hydrogen) atoms. The summed E-state index contributed by atoms with van der Waals surface area (Å²) in [5.41, 5.74) is 15.1. The van der Waals surface area contributed by atoms with Crippen LogP contribution >= 0.6 is 0 Å². The van der Waals surface area contributed by atoms with Crippen LogP contribution < -0.4 is 0 Å². The summed E-state index contributed by atoms with van der Waals surface area (Å²) in [6, 6.07) is 70.1. The first-order valence-electron chi connectivity index (χ1n) is 19.7. The van der Waals surface area contributed by atoms with Crippen molar-refractivity contribution in [2.75, 3.05) is 0 Å². The lowest BCUT2D eigenvalue weighted by Crippen LogP contribution is -2.14. The molecule has 0 aliphatic heterocycles. The molecule has 0 saturated heterocycles. The van der Waals surface area contributed by atoms with Crippen molar-refractivity contribution in [2.24, 2.45) is 0 Å². The Morgan fingerprint density at radius 1 is 0.333 bits per heavy atom. The van der Waals surface area contributed by atoms with Crippen molar-refractivity contribution in [1.82, 2.24) is 9.97 Å². The van der Waals surface area contributed by atoms with Crippen LogP contribution in [0.4, 0.5) is 0 Å². The minimum absolute atomic E-state index is 0.115. The number of hydrogen-bond acceptors (Lipinski definition) is 2. The van der Waals surface area contributed by atoms with Gasteiger partial charge in [0.25, 0.3) is 0 Å². The van der Waals surface area contributed by atoms with Crippen molar-refractivity contribution in [1.29, 1.82) is 0 Å². The van der Waals surface area contributed by atoms with E-state index < -0.39 is 0 Å². The lowest BCUT2D eigenvalue weighted by atomic mass is 9.81. The lowest BCUT2D eigenvalue weighted by Gasteiger charge is -2.22. The number of nitrogens with zero attached hydrogens (tertiary/aromatic N) is 2. The topological polar surface area (TPSA) is 25.8 Å². The second-order valence-corrected chi connectivity index (χ2v) is 15.7. The zero-order valence-electron chi connectivity index (χ0n) is 31.9. The van der Waals surface area contributed by atoms with E-state index in [1.165, 1.54) is 65.9 Å². The van der Waals surface area contributed by atoms with Gasteiger partial charge in [0, 0.05) is 22.1 Å². The molecule has 9 aromatic carbocycles. The van der Waals surface area contributed by atoms with E-state index in [0.29, 0.717) is 5.82 Å². The SMILES string of the molecule is CC1(C)c2cccc(-c3ccc(-c4cc(-c5cccc(-c6cccc7ccccc67)c5)nc(-c5ccccc5)n4)c4ccccc34)c2-c2c1ccc1ccccc21. The van der Waals surface area contributed by atoms with E-state index in [-0.39, 0.29) is 5.41 Å². The largest absolute Gasteiger partial charge is 0.228 e. The second-order valence-electron chi connectivity index (χ2n) is 15.7. The Balaban J connectivity index is 1.11. The quantitative estimate of drug-likeness (QED) is 0.176. The molecular formula is C55H38N2. The third-order valence-electron chi connectivity index (χ3n) is 12.1. The van der Waals surface area contributed by atoms with Crippen molar-refractivity contribution in [2.45, 2.75) is 19.3 Å². The number of fused-ring (bicyclic) bond motifs is 7. The van der Waals surface area contributed by atoms with Gasteiger partial charge in [-0.1, -0.05) is 196 Å². The van der Waals surface area contributed by atoms with Gasteiger partial charge in [-0.2, -0.15) is 0 Å². The van der Waals surface area contributed by atoms with Gasteiger partial charge >= 0.3 is 0 Å². The predicted octanol–water partition coefficient (Wildman–Crippen LogP) is 14.6. The Labute approximate surface area is 332 Å². The molecule has 0 spiro atoms. The lowest BCUT2D eigenvalue weighted by molar-refractivity contribution is 0.661. The fourth-order valence-corrected chi connectivity index (χ4v) is 9.30. The maximum Gasteiger partial charge on any atom is 0.160 e. The first kappa shape index (κ1) is 33.2. The number of hydrogen-bond donors (Lipinski definition) is 0. The second kappa shape index (κ2) is 13.0. The van der Waals surface area contributed by atoms with Gasteiger partial charge in [0.15, 0.2) is 5.82 Å². The van der Waals surface area contributed by atoms with Crippen LogP contribution in [0.2, 0.25) is 0 Å². The summed E-state index contributed by atoms with van der Waals surface area (Å²) in [6.45, 7) is 4.73. The third kappa shape index (κ3) is 5.33. The van der Waals surface area contributed by atoms with Gasteiger partial charge in [0.1, 0.15) is 0 Å². The molecule has 0 fully saturated rings. The molecule has 0 saturated carbocycles. The maximum absolute atomic E-state index is 5.30. The highest BCUT2D eigenvalue weighted by molar-refractivity contribution is 6.11. The zero-order valence-corrected chi connectivity index (χ0v) is 31.9. The van der Waals surface area contributed by atoms with Crippen molar-refractivity contribution >= 4 is 32.3 Å². The summed E-state index contributed by atoms with van der Waals surface area (Å²) in [5, 5.41) is 7.41. The fourth-order valence-electron chi connectivity index (χ4n) is 9.30. The van der Waals surface area contributed by atoms with E-state index in [2.05, 4.69) is 202 Å². The summed E-state index contributed by atoms with van der Waals surface area (Å²) < 4.78 is 0. The van der Waals surface area contributed by atoms with E-state index in [4.69, 9.17) is 9.97 Å². The van der Waals surface area contributed by atoms with Gasteiger partial charge in [-0.3, -0.25) is 0 Å². The number of benzene rings is 9. The highest BCUT2D eigenvalue weighted by atomic mass is 14.9. The normalized spacial score (nSPS) is 12.9. The molecule has 0 unspecified atom stereocenters. The molecule has 0 radical (unpaired) electrons. The summed E-state index contributed by atoms with van der Waals surface area (Å²) in [4.78, 5) is 10.5. The molecule has 1 aromatic heterocycles. The average molecular weight is 727 g/mol. The molecule has 1 aliphatic carbocycles. The Kier molecular flexibility index (Phi) is 7.55. The van der Waals surface area contributed by atoms with E-state index in [0.717, 1.165) is 39.0 Å². The van der Waals surface area contributed by atoms with Gasteiger partial charge in [-0.15, -0.1) is 0 Å². The van der Waals surface area contributed by atoms with Crippen LogP contribution in [0.3, 0.4) is 0 Å². The molecule has 11 rings (SSSR count). The molecule has 2 nitrogen and oxygen atoms in total. The number of rotatable bonds is 5. The summed E-state index contributed by atoms with van der Waals surface area (Å²) in [6.07, 6.45) is 0. The molecule has 0 N–H and O–H groups in total. The van der Waals surface area contributed by atoms with Crippen molar-refractivity contribution in [3.63, 3.8) is 0 Å². The van der Waals surface area contributed by atoms with Crippen LogP contribution in [-0.2, 0) is 5.41 Å². The van der Waals surface area contributed by atoms with Crippen molar-refractivity contribution < 1.29 is 0 Å². The molecule has 0 amide bonds. The Bertz CT molecular complexity index is 3210. The first-order valence-corrected chi connectivity index (χ1v) is 19.7. The third-order valence-corrected chi connectivity index (χ3v) is 12.1. The first-order chi connectivity index (χ1) is 28.0. The van der Waals surface area contributed by atoms with E-state index in [1.807, 2.05) is 6.07 Å². The summed E-state index contributed by atoms with van der Waals surface area (Å²) in [7, 11) is 0. The predicted molar refractivity (Wildman–Crippen MR) is 239 cm³/mol. The van der Waals surface area contributed by atoms with Crippen LogP contribution in [0.25, 0.3) is 99.6 Å². The zero-order chi connectivity index (χ0) is 38.1. The smallest absolute Gasteiger partial charge is 0.160 e. The maximum atomic E-state index is 5.30. The number of aromatic nitrogens is 2. The molecule has 2 heteroatoms. The Morgan fingerprint density at radius 3 is 1.72 bits per heavy atom. The van der Waals surface area contributed by atoms with Gasteiger partial charge in [-0.05, 0) is 89.0 Å². The highest BCUT2D eigenvalue weighted by Crippen LogP contribution is 2.55. The molecule has 268 valence electrons. The standard InChI is InChI=1S/C55H38N2/c1-55(2)48-28-14-27-47(53(48)52-42-23-9-7-16-36(42)29-32-49(52)55)45-30-31-46(44-25-11-10-24-43(44)45)51-34-50(56-54(57-51)37-17-4-3-5-18-37)39-21-12-20-38(33-39)41-26-13-19-35-15-6-8-22-40(35)41/h3-34H,1-2H3. The highest BCUT2D eigenvalue weighted by Gasteiger charge is 2.38. The van der Waals surface area contributed by atoms with Crippen molar-refractivity contribution in [3.8, 4) is 67.3 Å². The molecule has 10 aromatic rings. The summed E-state index contributed by atoms with van der Waals surface area (Å²) >= 11 is 0. The fraction of sp³-hybridized carbons (Fsp3) is 0.0545. The van der Waals surface area contributed by atoms with E-state index >= 15 is 0 Å². The molecular weight excluding hydrogens is 689 g/mol. The minimum Gasteiger partial charge on any atom is -0.228 e. The molecule has 1 heterocycles. The van der Waals surface area contributed by atoms with Gasteiger partial charge in [-0.25, -0.2) is 9.97 Å². The van der Waals surface area contributed by atoms with Crippen LogP contribution in [0.1, 0.15) is 25.0 Å². The van der Waals surface area contributed by atoms with Crippen LogP contribution in [-0.4, -0.2) is 9.97 Å². The molecule has 0 bridgehead atoms.